The Morgan fingerprint density at radius 3 is 2.30 bits per heavy atom. The number of alkyl halides is 3. The lowest BCUT2D eigenvalue weighted by molar-refractivity contribution is -0.270. The van der Waals surface area contributed by atoms with Crippen LogP contribution in [0.1, 0.15) is 67.7 Å². The van der Waals surface area contributed by atoms with Crippen molar-refractivity contribution in [3.05, 3.63) is 76.7 Å². The van der Waals surface area contributed by atoms with Crippen molar-refractivity contribution < 1.29 is 46.8 Å². The lowest BCUT2D eigenvalue weighted by atomic mass is 9.85. The summed E-state index contributed by atoms with van der Waals surface area (Å²) in [5.74, 6) is -1.31. The largest absolute Gasteiger partial charge is 0.493 e. The van der Waals surface area contributed by atoms with Gasteiger partial charge in [-0.05, 0) is 93.8 Å². The molecule has 0 saturated carbocycles. The van der Waals surface area contributed by atoms with E-state index in [2.05, 4.69) is 10.3 Å². The van der Waals surface area contributed by atoms with E-state index in [1.807, 2.05) is 0 Å². The summed E-state index contributed by atoms with van der Waals surface area (Å²) in [5, 5.41) is 23.4. The average Bonchev–Trinajstić information content (AvgIpc) is 2.94. The number of aliphatic hydroxyl groups excluding tert-OH is 1. The number of hydrogen-bond acceptors (Lipinski definition) is 7. The third-order valence-electron chi connectivity index (χ3n) is 7.06. The number of hydrogen-bond donors (Lipinski definition) is 3. The van der Waals surface area contributed by atoms with Crippen LogP contribution in [0.2, 0.25) is 0 Å². The van der Waals surface area contributed by atoms with Crippen LogP contribution in [0.3, 0.4) is 0 Å². The summed E-state index contributed by atoms with van der Waals surface area (Å²) in [4.78, 5) is 29.1. The second-order valence-corrected chi connectivity index (χ2v) is 11.2. The van der Waals surface area contributed by atoms with Gasteiger partial charge in [0.1, 0.15) is 12.4 Å². The number of nitrogens with zero attached hydrogens (tertiary/aromatic N) is 1. The van der Waals surface area contributed by atoms with E-state index in [1.165, 1.54) is 64.3 Å². The second-order valence-electron chi connectivity index (χ2n) is 11.2. The van der Waals surface area contributed by atoms with Crippen molar-refractivity contribution in [1.29, 1.82) is 0 Å². The zero-order valence-electron chi connectivity index (χ0n) is 25.3. The Morgan fingerprint density at radius 1 is 1.05 bits per heavy atom. The SMILES string of the molecule is COc1cc(C(=O)CCC(O)(c2cc(C(C)(C)NC(C)=O)cc(-c3ccc(F)c(C)c3)n2)C(F)(F)F)ccc1OCC(C)O. The molecule has 8 nitrogen and oxygen atoms in total. The third kappa shape index (κ3) is 7.92. The number of ether oxygens (including phenoxy) is 2. The van der Waals surface area contributed by atoms with Gasteiger partial charge >= 0.3 is 6.18 Å². The Labute approximate surface area is 253 Å². The Bertz CT molecular complexity index is 1520. The van der Waals surface area contributed by atoms with Gasteiger partial charge in [-0.3, -0.25) is 9.59 Å². The van der Waals surface area contributed by atoms with Crippen LogP contribution < -0.4 is 14.8 Å². The van der Waals surface area contributed by atoms with Crippen LogP contribution in [0.4, 0.5) is 17.6 Å². The van der Waals surface area contributed by atoms with Gasteiger partial charge in [-0.2, -0.15) is 13.2 Å². The normalized spacial score (nSPS) is 14.0. The van der Waals surface area contributed by atoms with E-state index < -0.39 is 59.5 Å². The number of ketones is 1. The molecule has 238 valence electrons. The number of benzene rings is 2. The van der Waals surface area contributed by atoms with Crippen molar-refractivity contribution in [2.75, 3.05) is 13.7 Å². The van der Waals surface area contributed by atoms with Gasteiger partial charge in [-0.25, -0.2) is 9.37 Å². The van der Waals surface area contributed by atoms with Crippen molar-refractivity contribution in [3.8, 4) is 22.8 Å². The molecular weight excluding hydrogens is 584 g/mol. The Kier molecular flexibility index (Phi) is 10.4. The molecule has 0 radical (unpaired) electrons. The first-order chi connectivity index (χ1) is 20.4. The number of carbonyl (C=O) groups is 2. The van der Waals surface area contributed by atoms with Crippen LogP contribution in [0.25, 0.3) is 11.3 Å². The summed E-state index contributed by atoms with van der Waals surface area (Å²) in [6, 6.07) is 10.5. The van der Waals surface area contributed by atoms with Crippen molar-refractivity contribution in [1.82, 2.24) is 10.3 Å². The maximum Gasteiger partial charge on any atom is 0.422 e. The van der Waals surface area contributed by atoms with Gasteiger partial charge in [0, 0.05) is 24.5 Å². The summed E-state index contributed by atoms with van der Waals surface area (Å²) in [7, 11) is 1.32. The number of amides is 1. The maximum absolute atomic E-state index is 14.7. The standard InChI is InChI=1S/C32H36F4N2O6/c1-18-13-21(7-9-24(18)33)25-15-23(30(4,5)38-20(3)40)16-29(37-25)31(42,32(34,35)36)12-11-26(41)22-8-10-27(28(14-22)43-6)44-17-19(2)39/h7-10,13-16,19,39,42H,11-12,17H2,1-6H3,(H,38,40). The molecule has 0 fully saturated rings. The van der Waals surface area contributed by atoms with E-state index in [-0.39, 0.29) is 46.1 Å². The summed E-state index contributed by atoms with van der Waals surface area (Å²) in [5.41, 5.74) is -4.81. The van der Waals surface area contributed by atoms with Gasteiger partial charge in [0.2, 0.25) is 11.5 Å². The summed E-state index contributed by atoms with van der Waals surface area (Å²) in [6.07, 6.45) is -7.83. The highest BCUT2D eigenvalue weighted by Gasteiger charge is 2.56. The molecule has 3 N–H and O–H groups in total. The molecule has 2 aromatic carbocycles. The van der Waals surface area contributed by atoms with Crippen LogP contribution >= 0.6 is 0 Å². The highest BCUT2D eigenvalue weighted by molar-refractivity contribution is 5.96. The quantitative estimate of drug-likeness (QED) is 0.174. The number of carbonyl (C=O) groups excluding carboxylic acids is 2. The maximum atomic E-state index is 14.7. The van der Waals surface area contributed by atoms with E-state index >= 15 is 0 Å². The van der Waals surface area contributed by atoms with Crippen LogP contribution in [-0.4, -0.2) is 52.9 Å². The topological polar surface area (TPSA) is 118 Å². The molecule has 44 heavy (non-hydrogen) atoms. The van der Waals surface area contributed by atoms with Crippen LogP contribution in [0.15, 0.2) is 48.5 Å². The first-order valence-corrected chi connectivity index (χ1v) is 13.8. The molecule has 1 amide bonds. The van der Waals surface area contributed by atoms with Gasteiger partial charge in [-0.15, -0.1) is 0 Å². The minimum Gasteiger partial charge on any atom is -0.493 e. The van der Waals surface area contributed by atoms with E-state index in [4.69, 9.17) is 9.47 Å². The molecule has 0 spiro atoms. The lowest BCUT2D eigenvalue weighted by Gasteiger charge is -2.33. The number of rotatable bonds is 12. The van der Waals surface area contributed by atoms with Crippen molar-refractivity contribution in [3.63, 3.8) is 0 Å². The fraction of sp³-hybridized carbons (Fsp3) is 0.406. The zero-order chi connectivity index (χ0) is 33.0. The number of methoxy groups -OCH3 is 1. The molecule has 2 unspecified atom stereocenters. The number of aromatic nitrogens is 1. The molecule has 1 heterocycles. The predicted molar refractivity (Wildman–Crippen MR) is 155 cm³/mol. The van der Waals surface area contributed by atoms with E-state index in [9.17, 15) is 37.4 Å². The lowest BCUT2D eigenvalue weighted by Crippen LogP contribution is -2.44. The fourth-order valence-electron chi connectivity index (χ4n) is 4.59. The number of nitrogens with one attached hydrogen (secondary N) is 1. The average molecular weight is 621 g/mol. The first-order valence-electron chi connectivity index (χ1n) is 13.8. The van der Waals surface area contributed by atoms with Gasteiger partial charge < -0.3 is 25.0 Å². The van der Waals surface area contributed by atoms with Crippen LogP contribution in [0, 0.1) is 12.7 Å². The summed E-state index contributed by atoms with van der Waals surface area (Å²) < 4.78 is 68.7. The Morgan fingerprint density at radius 2 is 1.73 bits per heavy atom. The first kappa shape index (κ1) is 34.5. The van der Waals surface area contributed by atoms with Gasteiger partial charge in [-0.1, -0.05) is 0 Å². The minimum atomic E-state index is -5.26. The van der Waals surface area contributed by atoms with E-state index in [0.29, 0.717) is 0 Å². The van der Waals surface area contributed by atoms with Crippen molar-refractivity contribution in [2.45, 2.75) is 70.9 Å². The van der Waals surface area contributed by atoms with Crippen LogP contribution in [-0.2, 0) is 15.9 Å². The second kappa shape index (κ2) is 13.3. The molecule has 3 rings (SSSR count). The summed E-state index contributed by atoms with van der Waals surface area (Å²) in [6.45, 7) is 7.36. The number of pyridine rings is 1. The fourth-order valence-corrected chi connectivity index (χ4v) is 4.59. The number of aliphatic hydroxyl groups is 2. The smallest absolute Gasteiger partial charge is 0.422 e. The van der Waals surface area contributed by atoms with Crippen molar-refractivity contribution in [2.24, 2.45) is 0 Å². The van der Waals surface area contributed by atoms with Crippen LogP contribution in [0.5, 0.6) is 11.5 Å². The molecular formula is C32H36F4N2O6. The third-order valence-corrected chi connectivity index (χ3v) is 7.06. The van der Waals surface area contributed by atoms with Gasteiger partial charge in [0.15, 0.2) is 17.3 Å². The highest BCUT2D eigenvalue weighted by atomic mass is 19.4. The van der Waals surface area contributed by atoms with Crippen molar-refractivity contribution >= 4 is 11.7 Å². The molecule has 12 heteroatoms. The number of Topliss-reactive ketones (excluding diaryl/α,β-unsaturated/α-hetero) is 1. The minimum absolute atomic E-state index is 0.00514. The summed E-state index contributed by atoms with van der Waals surface area (Å²) >= 11 is 0. The molecule has 0 saturated heterocycles. The molecule has 3 aromatic rings. The molecule has 0 aliphatic heterocycles. The van der Waals surface area contributed by atoms with Gasteiger partial charge in [0.05, 0.1) is 30.1 Å². The molecule has 0 bridgehead atoms. The number of halogens is 4. The highest BCUT2D eigenvalue weighted by Crippen LogP contribution is 2.44. The molecule has 0 aliphatic carbocycles. The molecule has 0 aliphatic rings. The van der Waals surface area contributed by atoms with E-state index in [0.717, 1.165) is 12.1 Å². The zero-order valence-corrected chi connectivity index (χ0v) is 25.3. The van der Waals surface area contributed by atoms with E-state index in [1.54, 1.807) is 13.8 Å². The predicted octanol–water partition coefficient (Wildman–Crippen LogP) is 5.75. The van der Waals surface area contributed by atoms with Gasteiger partial charge in [0.25, 0.3) is 0 Å². The Hall–Kier alpha value is -4.03. The number of aryl methyl sites for hydroxylation is 1. The Balaban J connectivity index is 2.06. The molecule has 2 atom stereocenters. The molecule has 1 aromatic heterocycles. The monoisotopic (exact) mass is 620 g/mol.